The number of benzene rings is 1. The van der Waals surface area contributed by atoms with E-state index in [1.54, 1.807) is 0 Å². The number of hydrogen-bond acceptors (Lipinski definition) is 5. The van der Waals surface area contributed by atoms with Crippen molar-refractivity contribution >= 4 is 0 Å². The molecule has 0 spiro atoms. The van der Waals surface area contributed by atoms with Gasteiger partial charge in [-0.05, 0) is 63.6 Å². The zero-order valence-corrected chi connectivity index (χ0v) is 17.6. The second-order valence-electron chi connectivity index (χ2n) is 8.77. The fraction of sp³-hybridized carbons (Fsp3) is 0.240. The molecule has 0 saturated heterocycles. The van der Waals surface area contributed by atoms with Gasteiger partial charge in [-0.25, -0.2) is 19.9 Å². The monoisotopic (exact) mass is 393 g/mol. The van der Waals surface area contributed by atoms with E-state index in [9.17, 15) is 0 Å². The quantitative estimate of drug-likeness (QED) is 0.422. The summed E-state index contributed by atoms with van der Waals surface area (Å²) in [7, 11) is 0. The summed E-state index contributed by atoms with van der Waals surface area (Å²) in [5.74, 6) is 1.51. The lowest BCUT2D eigenvalue weighted by Gasteiger charge is -2.26. The lowest BCUT2D eigenvalue weighted by molar-refractivity contribution is 0.571. The Bertz CT molecular complexity index is 1070. The maximum atomic E-state index is 4.95. The summed E-state index contributed by atoms with van der Waals surface area (Å²) in [4.78, 5) is 24.0. The summed E-state index contributed by atoms with van der Waals surface area (Å²) in [6, 6.07) is 18.4. The first-order valence-corrected chi connectivity index (χ1v) is 10.1. The third-order valence-electron chi connectivity index (χ3n) is 5.96. The van der Waals surface area contributed by atoms with Gasteiger partial charge in [-0.15, -0.1) is 0 Å². The lowest BCUT2D eigenvalue weighted by Crippen LogP contribution is -2.25. The first-order chi connectivity index (χ1) is 14.4. The van der Waals surface area contributed by atoms with Crippen molar-refractivity contribution in [1.82, 2.24) is 24.9 Å². The third-order valence-corrected chi connectivity index (χ3v) is 5.96. The Balaban J connectivity index is 1.85. The molecule has 1 aliphatic rings. The van der Waals surface area contributed by atoms with Crippen molar-refractivity contribution in [2.75, 3.05) is 0 Å². The Kier molecular flexibility index (Phi) is 4.03. The normalized spacial score (nSPS) is 15.9. The molecule has 0 amide bonds. The third kappa shape index (κ3) is 2.89. The van der Waals surface area contributed by atoms with Crippen molar-refractivity contribution in [3.8, 4) is 22.6 Å². The van der Waals surface area contributed by atoms with Crippen LogP contribution < -0.4 is 0 Å². The number of nitrogens with zero attached hydrogens (tertiary/aromatic N) is 5. The minimum absolute atomic E-state index is 0.372. The summed E-state index contributed by atoms with van der Waals surface area (Å²) in [6.45, 7) is 8.51. The van der Waals surface area contributed by atoms with Crippen LogP contribution in [0.5, 0.6) is 0 Å². The molecule has 0 fully saturated rings. The highest BCUT2D eigenvalue weighted by molar-refractivity contribution is 5.61. The Hall–Kier alpha value is -3.47. The maximum absolute atomic E-state index is 4.95. The molecule has 5 nitrogen and oxygen atoms in total. The summed E-state index contributed by atoms with van der Waals surface area (Å²) in [6.07, 6.45) is 3.65. The van der Waals surface area contributed by atoms with Gasteiger partial charge in [0, 0.05) is 23.4 Å². The van der Waals surface area contributed by atoms with Crippen LogP contribution in [0.25, 0.3) is 22.6 Å². The van der Waals surface area contributed by atoms with Crippen LogP contribution in [0.2, 0.25) is 0 Å². The van der Waals surface area contributed by atoms with E-state index in [2.05, 4.69) is 61.9 Å². The smallest absolute Gasteiger partial charge is 0.140 e. The van der Waals surface area contributed by atoms with Gasteiger partial charge in [0.2, 0.25) is 0 Å². The molecule has 8 bridgehead atoms. The Morgan fingerprint density at radius 3 is 2.03 bits per heavy atom. The fourth-order valence-electron chi connectivity index (χ4n) is 3.86. The maximum Gasteiger partial charge on any atom is 0.140 e. The highest BCUT2D eigenvalue weighted by Gasteiger charge is 2.31. The number of hydrogen-bond donors (Lipinski definition) is 0. The molecule has 5 heteroatoms. The molecule has 0 atom stereocenters. The van der Waals surface area contributed by atoms with E-state index < -0.39 is 5.41 Å². The molecular weight excluding hydrogens is 370 g/mol. The van der Waals surface area contributed by atoms with Crippen molar-refractivity contribution in [1.29, 1.82) is 0 Å². The van der Waals surface area contributed by atoms with Crippen LogP contribution in [0.4, 0.5) is 0 Å². The summed E-state index contributed by atoms with van der Waals surface area (Å²) in [5, 5.41) is 0. The van der Waals surface area contributed by atoms with Crippen molar-refractivity contribution in [2.24, 2.45) is 0 Å². The predicted molar refractivity (Wildman–Crippen MR) is 117 cm³/mol. The Morgan fingerprint density at radius 2 is 1.23 bits per heavy atom. The van der Waals surface area contributed by atoms with Crippen LogP contribution in [-0.4, -0.2) is 24.9 Å². The first-order valence-electron chi connectivity index (χ1n) is 10.1. The number of aromatic nitrogens is 5. The highest BCUT2D eigenvalue weighted by atomic mass is 14.9. The van der Waals surface area contributed by atoms with Gasteiger partial charge >= 0.3 is 0 Å². The summed E-state index contributed by atoms with van der Waals surface area (Å²) < 4.78 is 0. The SMILES string of the molecule is CC1(C)c2cccc(c2)-c2ccnc(n2)C(C)(C)c2cccc(n2)-c2ccnc1n2. The summed E-state index contributed by atoms with van der Waals surface area (Å²) in [5.41, 5.74) is 4.79. The Morgan fingerprint density at radius 1 is 0.600 bits per heavy atom. The van der Waals surface area contributed by atoms with Crippen molar-refractivity contribution in [2.45, 2.75) is 38.5 Å². The van der Waals surface area contributed by atoms with Gasteiger partial charge < -0.3 is 0 Å². The van der Waals surface area contributed by atoms with Gasteiger partial charge in [0.15, 0.2) is 0 Å². The molecule has 4 aromatic rings. The molecule has 0 N–H and O–H groups in total. The van der Waals surface area contributed by atoms with Crippen molar-refractivity contribution in [3.05, 3.63) is 89.9 Å². The topological polar surface area (TPSA) is 64.5 Å². The van der Waals surface area contributed by atoms with Crippen LogP contribution in [0.3, 0.4) is 0 Å². The molecule has 0 aliphatic carbocycles. The minimum Gasteiger partial charge on any atom is -0.250 e. The highest BCUT2D eigenvalue weighted by Crippen LogP contribution is 2.34. The van der Waals surface area contributed by atoms with Crippen LogP contribution in [0.15, 0.2) is 67.0 Å². The number of fused-ring (bicyclic) bond motifs is 10. The van der Waals surface area contributed by atoms with Gasteiger partial charge in [-0.1, -0.05) is 24.3 Å². The van der Waals surface area contributed by atoms with Crippen LogP contribution in [0, 0.1) is 0 Å². The first kappa shape index (κ1) is 18.6. The second kappa shape index (κ2) is 6.52. The average Bonchev–Trinajstić information content (AvgIpc) is 2.79. The average molecular weight is 393 g/mol. The Labute approximate surface area is 176 Å². The molecule has 0 unspecified atom stereocenters. The fourth-order valence-corrected chi connectivity index (χ4v) is 3.86. The second-order valence-corrected chi connectivity index (χ2v) is 8.77. The van der Waals surface area contributed by atoms with Crippen molar-refractivity contribution < 1.29 is 0 Å². The van der Waals surface area contributed by atoms with Crippen LogP contribution in [0.1, 0.15) is 50.6 Å². The predicted octanol–water partition coefficient (Wildman–Crippen LogP) is 4.96. The number of pyridine rings is 1. The number of rotatable bonds is 0. The van der Waals surface area contributed by atoms with E-state index in [4.69, 9.17) is 15.0 Å². The van der Waals surface area contributed by atoms with Crippen LogP contribution >= 0.6 is 0 Å². The van der Waals surface area contributed by atoms with Gasteiger partial charge in [-0.2, -0.15) is 0 Å². The van der Waals surface area contributed by atoms with Crippen LogP contribution in [-0.2, 0) is 10.8 Å². The molecule has 3 aromatic heterocycles. The van der Waals surface area contributed by atoms with E-state index in [1.165, 1.54) is 0 Å². The van der Waals surface area contributed by atoms with Gasteiger partial charge in [-0.3, -0.25) is 4.98 Å². The molecule has 1 aromatic carbocycles. The zero-order chi connectivity index (χ0) is 20.9. The minimum atomic E-state index is -0.455. The van der Waals surface area contributed by atoms with E-state index >= 15 is 0 Å². The van der Waals surface area contributed by atoms with Gasteiger partial charge in [0.05, 0.1) is 28.2 Å². The zero-order valence-electron chi connectivity index (χ0n) is 17.6. The van der Waals surface area contributed by atoms with E-state index in [0.29, 0.717) is 0 Å². The van der Waals surface area contributed by atoms with Gasteiger partial charge in [0.25, 0.3) is 0 Å². The lowest BCUT2D eigenvalue weighted by atomic mass is 9.82. The van der Waals surface area contributed by atoms with E-state index in [1.807, 2.05) is 42.7 Å². The molecule has 30 heavy (non-hydrogen) atoms. The van der Waals surface area contributed by atoms with E-state index in [-0.39, 0.29) is 5.41 Å². The molecule has 1 aliphatic heterocycles. The molecular formula is C25H23N5. The molecule has 5 rings (SSSR count). The largest absolute Gasteiger partial charge is 0.250 e. The van der Waals surface area contributed by atoms with Crippen molar-refractivity contribution in [3.63, 3.8) is 0 Å². The molecule has 148 valence electrons. The molecule has 4 heterocycles. The van der Waals surface area contributed by atoms with E-state index in [0.717, 1.165) is 45.6 Å². The molecule has 0 saturated carbocycles. The molecule has 0 radical (unpaired) electrons. The van der Waals surface area contributed by atoms with Gasteiger partial charge in [0.1, 0.15) is 11.6 Å². The summed E-state index contributed by atoms with van der Waals surface area (Å²) >= 11 is 0. The standard InChI is InChI=1S/C25H23N5/c1-24(2)17-8-5-7-16(15-17)18-11-13-27-23(29-18)25(3,4)21-10-6-9-19(28-21)20-12-14-26-22(24)30-20/h5-15H,1-4H3.